The van der Waals surface area contributed by atoms with Gasteiger partial charge in [0.2, 0.25) is 0 Å². The summed E-state index contributed by atoms with van der Waals surface area (Å²) in [4.78, 5) is 0. The smallest absolute Gasteiger partial charge is 0.111 e. The van der Waals surface area contributed by atoms with Crippen LogP contribution in [0.15, 0.2) is 0 Å². The maximum Gasteiger partial charge on any atom is 0.111 e. The van der Waals surface area contributed by atoms with Gasteiger partial charge in [-0.05, 0) is 6.42 Å². The van der Waals surface area contributed by atoms with Crippen molar-refractivity contribution >= 4 is 0 Å². The van der Waals surface area contributed by atoms with E-state index in [0.717, 1.165) is 6.42 Å². The van der Waals surface area contributed by atoms with Gasteiger partial charge < -0.3 is 30.3 Å². The quantitative estimate of drug-likeness (QED) is 0.301. The highest BCUT2D eigenvalue weighted by Crippen LogP contribution is 2.05. The van der Waals surface area contributed by atoms with E-state index < -0.39 is 31.0 Å². The van der Waals surface area contributed by atoms with Gasteiger partial charge in [-0.3, -0.25) is 0 Å². The van der Waals surface area contributed by atoms with Crippen molar-refractivity contribution in [2.45, 2.75) is 37.8 Å². The van der Waals surface area contributed by atoms with Crippen LogP contribution in [0.25, 0.3) is 0 Å². The lowest BCUT2D eigenvalue weighted by Crippen LogP contribution is -2.47. The first-order valence-electron chi connectivity index (χ1n) is 4.95. The van der Waals surface area contributed by atoms with E-state index in [1.807, 2.05) is 6.92 Å². The van der Waals surface area contributed by atoms with Crippen molar-refractivity contribution in [2.75, 3.05) is 19.8 Å². The van der Waals surface area contributed by atoms with Crippen molar-refractivity contribution in [1.82, 2.24) is 0 Å². The molecule has 0 aliphatic carbocycles. The molecule has 6 nitrogen and oxygen atoms in total. The normalized spacial score (nSPS) is 19.6. The summed E-state index contributed by atoms with van der Waals surface area (Å²) in [5, 5.41) is 45.4. The first-order valence-corrected chi connectivity index (χ1v) is 4.95. The minimum atomic E-state index is -1.59. The van der Waals surface area contributed by atoms with Crippen LogP contribution in [0.3, 0.4) is 0 Å². The Morgan fingerprint density at radius 2 is 1.53 bits per heavy atom. The van der Waals surface area contributed by atoms with Crippen LogP contribution >= 0.6 is 0 Å². The summed E-state index contributed by atoms with van der Waals surface area (Å²) in [6, 6.07) is 0. The highest BCUT2D eigenvalue weighted by molar-refractivity contribution is 4.80. The van der Waals surface area contributed by atoms with Crippen LogP contribution in [0.5, 0.6) is 0 Å². The second-order valence-electron chi connectivity index (χ2n) is 3.37. The molecule has 0 aliphatic rings. The molecule has 0 fully saturated rings. The SMILES string of the molecule is CCCOC[C@@H](O)[C@H](O)[C@H](O)[C@@H](O)CO. The van der Waals surface area contributed by atoms with E-state index in [4.69, 9.17) is 14.9 Å². The van der Waals surface area contributed by atoms with Gasteiger partial charge in [0.15, 0.2) is 0 Å². The molecule has 4 atom stereocenters. The van der Waals surface area contributed by atoms with Crippen molar-refractivity contribution in [1.29, 1.82) is 0 Å². The molecule has 0 aromatic carbocycles. The molecule has 15 heavy (non-hydrogen) atoms. The monoisotopic (exact) mass is 224 g/mol. The predicted molar refractivity (Wildman–Crippen MR) is 52.2 cm³/mol. The number of aliphatic hydroxyl groups excluding tert-OH is 5. The first kappa shape index (κ1) is 14.8. The summed E-state index contributed by atoms with van der Waals surface area (Å²) in [7, 11) is 0. The van der Waals surface area contributed by atoms with Gasteiger partial charge in [-0.25, -0.2) is 0 Å². The molecular formula is C9H20O6. The Morgan fingerprint density at radius 3 is 2.00 bits per heavy atom. The van der Waals surface area contributed by atoms with Gasteiger partial charge in [-0.1, -0.05) is 6.92 Å². The van der Waals surface area contributed by atoms with Gasteiger partial charge in [0.25, 0.3) is 0 Å². The molecule has 0 heterocycles. The van der Waals surface area contributed by atoms with Crippen LogP contribution in [0.4, 0.5) is 0 Å². The van der Waals surface area contributed by atoms with Crippen LogP contribution in [-0.4, -0.2) is 69.8 Å². The molecule has 5 N–H and O–H groups in total. The summed E-state index contributed by atoms with van der Waals surface area (Å²) >= 11 is 0. The van der Waals surface area contributed by atoms with E-state index in [9.17, 15) is 15.3 Å². The van der Waals surface area contributed by atoms with E-state index >= 15 is 0 Å². The van der Waals surface area contributed by atoms with E-state index in [-0.39, 0.29) is 6.61 Å². The fourth-order valence-electron chi connectivity index (χ4n) is 1.01. The minimum Gasteiger partial charge on any atom is -0.394 e. The molecule has 0 rings (SSSR count). The molecule has 0 unspecified atom stereocenters. The van der Waals surface area contributed by atoms with Gasteiger partial charge in [0, 0.05) is 6.61 Å². The van der Waals surface area contributed by atoms with Crippen LogP contribution in [0, 0.1) is 0 Å². The molecule has 6 heteroatoms. The van der Waals surface area contributed by atoms with Crippen LogP contribution < -0.4 is 0 Å². The van der Waals surface area contributed by atoms with Crippen LogP contribution in [-0.2, 0) is 4.74 Å². The Morgan fingerprint density at radius 1 is 1.00 bits per heavy atom. The number of hydrogen-bond donors (Lipinski definition) is 5. The van der Waals surface area contributed by atoms with E-state index in [2.05, 4.69) is 0 Å². The van der Waals surface area contributed by atoms with Gasteiger partial charge >= 0.3 is 0 Å². The van der Waals surface area contributed by atoms with Gasteiger partial charge in [-0.2, -0.15) is 0 Å². The summed E-state index contributed by atoms with van der Waals surface area (Å²) in [6.45, 7) is 1.54. The van der Waals surface area contributed by atoms with Crippen molar-refractivity contribution in [2.24, 2.45) is 0 Å². The molecule has 0 saturated heterocycles. The molecule has 0 aromatic rings. The Hall–Kier alpha value is -0.240. The molecule has 0 spiro atoms. The Bertz CT molecular complexity index is 154. The lowest BCUT2D eigenvalue weighted by Gasteiger charge is -2.25. The molecule has 0 bridgehead atoms. The van der Waals surface area contributed by atoms with E-state index in [1.165, 1.54) is 0 Å². The topological polar surface area (TPSA) is 110 Å². The minimum absolute atomic E-state index is 0.121. The highest BCUT2D eigenvalue weighted by Gasteiger charge is 2.29. The number of rotatable bonds is 8. The Balaban J connectivity index is 3.90. The predicted octanol–water partition coefficient (Wildman–Crippen LogP) is -2.15. The molecule has 0 aliphatic heterocycles. The van der Waals surface area contributed by atoms with Crippen molar-refractivity contribution in [3.63, 3.8) is 0 Å². The van der Waals surface area contributed by atoms with E-state index in [1.54, 1.807) is 0 Å². The molecule has 0 saturated carbocycles. The fourth-order valence-corrected chi connectivity index (χ4v) is 1.01. The third-order valence-corrected chi connectivity index (χ3v) is 1.96. The average Bonchev–Trinajstić information content (AvgIpc) is 2.26. The third kappa shape index (κ3) is 5.41. The molecular weight excluding hydrogens is 204 g/mol. The highest BCUT2D eigenvalue weighted by atomic mass is 16.5. The van der Waals surface area contributed by atoms with E-state index in [0.29, 0.717) is 6.61 Å². The number of aliphatic hydroxyl groups is 5. The summed E-state index contributed by atoms with van der Waals surface area (Å²) in [5.41, 5.74) is 0. The second kappa shape index (κ2) is 7.98. The lowest BCUT2D eigenvalue weighted by molar-refractivity contribution is -0.129. The van der Waals surface area contributed by atoms with Crippen molar-refractivity contribution in [3.8, 4) is 0 Å². The average molecular weight is 224 g/mol. The lowest BCUT2D eigenvalue weighted by atomic mass is 10.0. The molecule has 92 valence electrons. The van der Waals surface area contributed by atoms with Gasteiger partial charge in [0.1, 0.15) is 24.4 Å². The van der Waals surface area contributed by atoms with Gasteiger partial charge in [-0.15, -0.1) is 0 Å². The van der Waals surface area contributed by atoms with Crippen molar-refractivity contribution < 1.29 is 30.3 Å². The molecule has 0 aromatic heterocycles. The zero-order chi connectivity index (χ0) is 11.8. The first-order chi connectivity index (χ1) is 7.04. The zero-order valence-corrected chi connectivity index (χ0v) is 8.78. The maximum absolute atomic E-state index is 9.34. The third-order valence-electron chi connectivity index (χ3n) is 1.96. The Kier molecular flexibility index (Phi) is 7.85. The van der Waals surface area contributed by atoms with Crippen molar-refractivity contribution in [3.05, 3.63) is 0 Å². The second-order valence-corrected chi connectivity index (χ2v) is 3.37. The molecule has 0 radical (unpaired) electrons. The Labute approximate surface area is 88.7 Å². The summed E-state index contributed by atoms with van der Waals surface area (Å²) in [6.07, 6.45) is -5.10. The largest absolute Gasteiger partial charge is 0.394 e. The molecule has 0 amide bonds. The fraction of sp³-hybridized carbons (Fsp3) is 1.00. The van der Waals surface area contributed by atoms with Crippen LogP contribution in [0.2, 0.25) is 0 Å². The standard InChI is InChI=1S/C9H20O6/c1-2-3-15-5-7(12)9(14)8(13)6(11)4-10/h6-14H,2-5H2,1H3/t6-,7+,8+,9-/m0/s1. The summed E-state index contributed by atoms with van der Waals surface area (Å²) in [5.74, 6) is 0. The van der Waals surface area contributed by atoms with Crippen LogP contribution in [0.1, 0.15) is 13.3 Å². The number of ether oxygens (including phenoxy) is 1. The maximum atomic E-state index is 9.34. The summed E-state index contributed by atoms with van der Waals surface area (Å²) < 4.78 is 4.96. The zero-order valence-electron chi connectivity index (χ0n) is 8.78. The number of hydrogen-bond acceptors (Lipinski definition) is 6. The van der Waals surface area contributed by atoms with Gasteiger partial charge in [0.05, 0.1) is 13.2 Å².